The number of piperidine rings is 2. The van der Waals surface area contributed by atoms with Crippen molar-refractivity contribution in [2.24, 2.45) is 0 Å². The monoisotopic (exact) mass is 638 g/mol. The van der Waals surface area contributed by atoms with E-state index in [0.717, 1.165) is 64.6 Å². The van der Waals surface area contributed by atoms with Crippen molar-refractivity contribution in [2.75, 3.05) is 13.2 Å². The molecule has 0 aromatic heterocycles. The number of nitrogens with zero attached hydrogens (tertiary/aromatic N) is 2. The Morgan fingerprint density at radius 2 is 0.907 bits per heavy atom. The summed E-state index contributed by atoms with van der Waals surface area (Å²) in [5, 5.41) is 10.4. The molecule has 2 aliphatic heterocycles. The first-order chi connectivity index (χ1) is 19.4. The molecule has 4 N–H and O–H groups in total. The Kier molecular flexibility index (Phi) is 16.8. The third kappa shape index (κ3) is 16.5. The summed E-state index contributed by atoms with van der Waals surface area (Å²) in [6.07, 6.45) is 8.12. The number of hydrogen-bond acceptors (Lipinski definition) is 8. The van der Waals surface area contributed by atoms with E-state index in [9.17, 15) is 9.59 Å². The van der Waals surface area contributed by atoms with Gasteiger partial charge in [0, 0.05) is 48.1 Å². The molecule has 2 saturated heterocycles. The topological polar surface area (TPSA) is 158 Å². The Hall–Kier alpha value is -1.35. The largest absolute Gasteiger partial charge is 0.394 e. The van der Waals surface area contributed by atoms with Crippen LogP contribution in [0.4, 0.5) is 0 Å². The molecule has 2 fully saturated rings. The predicted octanol–water partition coefficient (Wildman–Crippen LogP) is 5.10. The summed E-state index contributed by atoms with van der Waals surface area (Å²) in [5.41, 5.74) is -0.267. The minimum Gasteiger partial charge on any atom is -0.353 e. The van der Waals surface area contributed by atoms with E-state index >= 15 is 0 Å². The molecule has 0 aromatic rings. The van der Waals surface area contributed by atoms with E-state index in [1.807, 2.05) is 0 Å². The standard InChI is InChI=1S/2C15H30N2O2.H2O4S/c2*1-7-8-9-19-17-14(3,4)10-13(16-12(2)18)11-15(17,5)6;1-5(2,3)4/h2*13H,7-11H2,1-6H3,(H,16,18);(H2,1,2,3,4). The zero-order chi connectivity index (χ0) is 33.9. The van der Waals surface area contributed by atoms with Crippen LogP contribution in [0.5, 0.6) is 0 Å². The lowest BCUT2D eigenvalue weighted by molar-refractivity contribution is -0.284. The molecule has 2 heterocycles. The van der Waals surface area contributed by atoms with Crippen LogP contribution in [0.1, 0.15) is 134 Å². The van der Waals surface area contributed by atoms with Crippen molar-refractivity contribution in [3.05, 3.63) is 0 Å². The zero-order valence-corrected chi connectivity index (χ0v) is 29.7. The molecule has 0 spiro atoms. The fourth-order valence-corrected chi connectivity index (χ4v) is 6.60. The maximum Gasteiger partial charge on any atom is 0.394 e. The van der Waals surface area contributed by atoms with Crippen LogP contribution >= 0.6 is 0 Å². The van der Waals surface area contributed by atoms with Gasteiger partial charge < -0.3 is 10.6 Å². The molecule has 2 aliphatic rings. The van der Waals surface area contributed by atoms with Crippen LogP contribution in [0.3, 0.4) is 0 Å². The molecular weight excluding hydrogens is 576 g/mol. The molecule has 13 heteroatoms. The number of rotatable bonds is 10. The van der Waals surface area contributed by atoms with Crippen LogP contribution in [0.15, 0.2) is 0 Å². The summed E-state index contributed by atoms with van der Waals surface area (Å²) in [6.45, 7) is 26.6. The number of carbonyl (C=O) groups excluding carboxylic acids is 2. The number of hydrogen-bond donors (Lipinski definition) is 4. The highest BCUT2D eigenvalue weighted by atomic mass is 32.3. The molecule has 12 nitrogen and oxygen atoms in total. The predicted molar refractivity (Wildman–Crippen MR) is 170 cm³/mol. The van der Waals surface area contributed by atoms with Gasteiger partial charge in [0.15, 0.2) is 0 Å². The van der Waals surface area contributed by atoms with Crippen LogP contribution in [-0.2, 0) is 29.7 Å². The van der Waals surface area contributed by atoms with Gasteiger partial charge in [-0.1, -0.05) is 26.7 Å². The van der Waals surface area contributed by atoms with Crippen molar-refractivity contribution in [2.45, 2.75) is 169 Å². The lowest BCUT2D eigenvalue weighted by Gasteiger charge is -2.53. The molecule has 2 amide bonds. The van der Waals surface area contributed by atoms with Gasteiger partial charge in [-0.3, -0.25) is 28.4 Å². The van der Waals surface area contributed by atoms with Gasteiger partial charge in [-0.15, -0.1) is 0 Å². The summed E-state index contributed by atoms with van der Waals surface area (Å²) in [7, 11) is -4.67. The van der Waals surface area contributed by atoms with E-state index in [0.29, 0.717) is 0 Å². The highest BCUT2D eigenvalue weighted by molar-refractivity contribution is 7.79. The first kappa shape index (κ1) is 41.7. The molecule has 256 valence electrons. The van der Waals surface area contributed by atoms with Crippen LogP contribution in [0.25, 0.3) is 0 Å². The van der Waals surface area contributed by atoms with Crippen LogP contribution in [-0.4, -0.2) is 86.9 Å². The molecule has 0 aromatic carbocycles. The molecule has 0 atom stereocenters. The second-order valence-corrected chi connectivity index (χ2v) is 15.2. The Bertz CT molecular complexity index is 863. The Morgan fingerprint density at radius 1 is 0.674 bits per heavy atom. The average molecular weight is 639 g/mol. The molecule has 0 aliphatic carbocycles. The highest BCUT2D eigenvalue weighted by Gasteiger charge is 2.47. The summed E-state index contributed by atoms with van der Waals surface area (Å²) >= 11 is 0. The van der Waals surface area contributed by atoms with Crippen LogP contribution in [0, 0.1) is 0 Å². The Morgan fingerprint density at radius 3 is 1.09 bits per heavy atom. The van der Waals surface area contributed by atoms with Crippen molar-refractivity contribution in [3.8, 4) is 0 Å². The van der Waals surface area contributed by atoms with E-state index in [4.69, 9.17) is 27.2 Å². The molecule has 2 rings (SSSR count). The first-order valence-electron chi connectivity index (χ1n) is 15.5. The molecular formula is C30H62N4O8S. The highest BCUT2D eigenvalue weighted by Crippen LogP contribution is 2.39. The third-order valence-electron chi connectivity index (χ3n) is 7.43. The number of carbonyl (C=O) groups is 2. The fraction of sp³-hybridized carbons (Fsp3) is 0.933. The van der Waals surface area contributed by atoms with E-state index in [1.165, 1.54) is 0 Å². The molecule has 43 heavy (non-hydrogen) atoms. The number of amides is 2. The Labute approximate surface area is 261 Å². The lowest BCUT2D eigenvalue weighted by atomic mass is 9.79. The van der Waals surface area contributed by atoms with Gasteiger partial charge in [-0.05, 0) is 93.9 Å². The van der Waals surface area contributed by atoms with Gasteiger partial charge in [0.05, 0.1) is 13.2 Å². The quantitative estimate of drug-likeness (QED) is 0.187. The molecule has 0 bridgehead atoms. The minimum atomic E-state index is -4.67. The third-order valence-corrected chi connectivity index (χ3v) is 7.43. The number of nitrogens with one attached hydrogen (secondary N) is 2. The first-order valence-corrected chi connectivity index (χ1v) is 16.9. The van der Waals surface area contributed by atoms with Crippen molar-refractivity contribution < 1.29 is 36.8 Å². The zero-order valence-electron chi connectivity index (χ0n) is 28.9. The summed E-state index contributed by atoms with van der Waals surface area (Å²) < 4.78 is 31.6. The molecule has 0 unspecified atom stereocenters. The molecule has 0 saturated carbocycles. The SMILES string of the molecule is CCCCON1C(C)(C)CC(NC(C)=O)CC1(C)C.CCCCON1C(C)(C)CC(NC(C)=O)CC1(C)C.O=S(=O)(O)O. The van der Waals surface area contributed by atoms with Crippen molar-refractivity contribution in [1.29, 1.82) is 0 Å². The normalized spacial score (nSPS) is 21.9. The van der Waals surface area contributed by atoms with Crippen LogP contribution in [0.2, 0.25) is 0 Å². The summed E-state index contributed by atoms with van der Waals surface area (Å²) in [6, 6.07) is 0.460. The maximum absolute atomic E-state index is 11.3. The second kappa shape index (κ2) is 17.4. The summed E-state index contributed by atoms with van der Waals surface area (Å²) in [4.78, 5) is 34.6. The van der Waals surface area contributed by atoms with Gasteiger partial charge in [-0.25, -0.2) is 0 Å². The van der Waals surface area contributed by atoms with Gasteiger partial charge in [0.25, 0.3) is 0 Å². The van der Waals surface area contributed by atoms with E-state index in [2.05, 4.69) is 90.0 Å². The number of unbranched alkanes of at least 4 members (excludes halogenated alkanes) is 2. The fourth-order valence-electron chi connectivity index (χ4n) is 6.60. The lowest BCUT2D eigenvalue weighted by Crippen LogP contribution is -2.64. The summed E-state index contributed by atoms with van der Waals surface area (Å²) in [5.74, 6) is 0.105. The van der Waals surface area contributed by atoms with Gasteiger partial charge in [0.1, 0.15) is 0 Å². The second-order valence-electron chi connectivity index (χ2n) is 14.3. The van der Waals surface area contributed by atoms with E-state index in [-0.39, 0.29) is 46.1 Å². The maximum atomic E-state index is 11.3. The minimum absolute atomic E-state index is 0.0527. The average Bonchev–Trinajstić information content (AvgIpc) is 2.74. The smallest absolute Gasteiger partial charge is 0.353 e. The van der Waals surface area contributed by atoms with Gasteiger partial charge in [-0.2, -0.15) is 18.5 Å². The van der Waals surface area contributed by atoms with Crippen LogP contribution < -0.4 is 10.6 Å². The van der Waals surface area contributed by atoms with Gasteiger partial charge >= 0.3 is 10.4 Å². The van der Waals surface area contributed by atoms with E-state index in [1.54, 1.807) is 13.8 Å². The molecule has 0 radical (unpaired) electrons. The van der Waals surface area contributed by atoms with Crippen molar-refractivity contribution >= 4 is 22.2 Å². The Balaban J connectivity index is 0.000000709. The van der Waals surface area contributed by atoms with Gasteiger partial charge in [0.2, 0.25) is 11.8 Å². The van der Waals surface area contributed by atoms with Crippen molar-refractivity contribution in [1.82, 2.24) is 20.8 Å². The van der Waals surface area contributed by atoms with E-state index < -0.39 is 10.4 Å². The number of hydroxylamine groups is 4. The van der Waals surface area contributed by atoms with Crippen molar-refractivity contribution in [3.63, 3.8) is 0 Å².